The van der Waals surface area contributed by atoms with Crippen molar-refractivity contribution in [2.24, 2.45) is 16.8 Å². The van der Waals surface area contributed by atoms with Gasteiger partial charge in [-0.15, -0.1) is 0 Å². The molecule has 2 N–H and O–H groups in total. The Hall–Kier alpha value is -3.28. The van der Waals surface area contributed by atoms with Crippen molar-refractivity contribution in [2.45, 2.75) is 6.42 Å². The molecule has 0 aliphatic carbocycles. The zero-order valence-electron chi connectivity index (χ0n) is 14.8. The third kappa shape index (κ3) is 3.69. The van der Waals surface area contributed by atoms with Crippen LogP contribution in [0.4, 0.5) is 5.69 Å². The number of carbonyl (C=O) groups excluding carboxylic acids is 1. The Kier molecular flexibility index (Phi) is 5.22. The maximum absolute atomic E-state index is 12.8. The fourth-order valence-electron chi connectivity index (χ4n) is 2.80. The summed E-state index contributed by atoms with van der Waals surface area (Å²) in [7, 11) is 3.16. The number of Topliss-reactive ketones (excluding diaryl/α,β-unsaturated/α-hetero) is 1. The summed E-state index contributed by atoms with van der Waals surface area (Å²) >= 11 is 0. The second-order valence-corrected chi connectivity index (χ2v) is 5.85. The van der Waals surface area contributed by atoms with Gasteiger partial charge in [0.2, 0.25) is 0 Å². The molecular weight excluding hydrogens is 330 g/mol. The molecule has 2 aromatic rings. The molecule has 1 heterocycles. The Morgan fingerprint density at radius 3 is 2.58 bits per heavy atom. The number of nitrogens with zero attached hydrogens (tertiary/aromatic N) is 2. The third-order valence-electron chi connectivity index (χ3n) is 4.18. The first-order chi connectivity index (χ1) is 12.6. The predicted octanol–water partition coefficient (Wildman–Crippen LogP) is 2.74. The van der Waals surface area contributed by atoms with E-state index in [9.17, 15) is 4.79 Å². The topological polar surface area (TPSA) is 77.2 Å². The number of hydrogen-bond donors (Lipinski definition) is 1. The number of hydrogen-bond acceptors (Lipinski definition) is 6. The molecular formula is C20H21N3O3. The Balaban J connectivity index is 1.77. The molecule has 134 valence electrons. The summed E-state index contributed by atoms with van der Waals surface area (Å²) in [4.78, 5) is 12.8. The highest BCUT2D eigenvalue weighted by atomic mass is 16.5. The Labute approximate surface area is 152 Å². The van der Waals surface area contributed by atoms with Crippen LogP contribution in [0.1, 0.15) is 5.56 Å². The number of ketones is 1. The van der Waals surface area contributed by atoms with Gasteiger partial charge in [-0.2, -0.15) is 5.10 Å². The molecule has 1 aliphatic heterocycles. The van der Waals surface area contributed by atoms with E-state index in [2.05, 4.69) is 5.10 Å². The number of ether oxygens (including phenoxy) is 2. The maximum Gasteiger partial charge on any atom is 0.151 e. The standard InChI is InChI=1S/C20H21N3O3/c1-25-16-8-9-19(26-2)14(12-16)13-18(24)17-10-11-23(22-20(17)21)15-6-4-3-5-7-15/h3-12,17H,13H2,1-2H3,(H2,21,22). The lowest BCUT2D eigenvalue weighted by molar-refractivity contribution is -0.119. The van der Waals surface area contributed by atoms with Gasteiger partial charge in [0.25, 0.3) is 0 Å². The smallest absolute Gasteiger partial charge is 0.151 e. The highest BCUT2D eigenvalue weighted by Gasteiger charge is 2.25. The average molecular weight is 351 g/mol. The van der Waals surface area contributed by atoms with Crippen LogP contribution in [-0.4, -0.2) is 25.8 Å². The van der Waals surface area contributed by atoms with E-state index in [0.717, 1.165) is 11.3 Å². The van der Waals surface area contributed by atoms with Crippen LogP contribution in [-0.2, 0) is 11.2 Å². The van der Waals surface area contributed by atoms with Gasteiger partial charge in [-0.05, 0) is 36.4 Å². The van der Waals surface area contributed by atoms with Gasteiger partial charge in [0.05, 0.1) is 25.8 Å². The minimum Gasteiger partial charge on any atom is -0.497 e. The van der Waals surface area contributed by atoms with Crippen molar-refractivity contribution in [2.75, 3.05) is 19.2 Å². The molecule has 0 saturated carbocycles. The summed E-state index contributed by atoms with van der Waals surface area (Å²) in [5.74, 6) is 0.959. The number of benzene rings is 2. The van der Waals surface area contributed by atoms with Crippen molar-refractivity contribution in [1.29, 1.82) is 0 Å². The lowest BCUT2D eigenvalue weighted by atomic mass is 9.95. The van der Waals surface area contributed by atoms with E-state index in [4.69, 9.17) is 15.2 Å². The third-order valence-corrected chi connectivity index (χ3v) is 4.18. The van der Waals surface area contributed by atoms with Crippen molar-refractivity contribution in [1.82, 2.24) is 0 Å². The first kappa shape index (κ1) is 17.5. The number of nitrogens with two attached hydrogens (primary N) is 1. The minimum absolute atomic E-state index is 0.0539. The molecule has 0 saturated heterocycles. The molecule has 1 aliphatic rings. The molecule has 0 fully saturated rings. The van der Waals surface area contributed by atoms with E-state index in [-0.39, 0.29) is 18.0 Å². The van der Waals surface area contributed by atoms with Crippen molar-refractivity contribution >= 4 is 17.3 Å². The normalized spacial score (nSPS) is 16.2. The van der Waals surface area contributed by atoms with Crippen molar-refractivity contribution in [3.8, 4) is 11.5 Å². The molecule has 6 heteroatoms. The average Bonchev–Trinajstić information content (AvgIpc) is 2.68. The fourth-order valence-corrected chi connectivity index (χ4v) is 2.80. The first-order valence-corrected chi connectivity index (χ1v) is 8.22. The Morgan fingerprint density at radius 1 is 1.15 bits per heavy atom. The van der Waals surface area contributed by atoms with E-state index in [0.29, 0.717) is 11.5 Å². The minimum atomic E-state index is -0.564. The summed E-state index contributed by atoms with van der Waals surface area (Å²) in [5.41, 5.74) is 7.70. The number of amidine groups is 1. The van der Waals surface area contributed by atoms with Crippen LogP contribution in [0, 0.1) is 5.92 Å². The fraction of sp³-hybridized carbons (Fsp3) is 0.200. The zero-order chi connectivity index (χ0) is 18.5. The number of anilines is 1. The molecule has 3 rings (SSSR count). The van der Waals surface area contributed by atoms with E-state index in [1.54, 1.807) is 49.7 Å². The first-order valence-electron chi connectivity index (χ1n) is 8.22. The summed E-state index contributed by atoms with van der Waals surface area (Å²) in [6.07, 6.45) is 3.71. The summed E-state index contributed by atoms with van der Waals surface area (Å²) in [5, 5.41) is 6.00. The number of rotatable bonds is 6. The molecule has 0 bridgehead atoms. The van der Waals surface area contributed by atoms with Crippen molar-refractivity contribution < 1.29 is 14.3 Å². The largest absolute Gasteiger partial charge is 0.497 e. The Bertz CT molecular complexity index is 847. The van der Waals surface area contributed by atoms with Crippen LogP contribution in [0.15, 0.2) is 65.9 Å². The van der Waals surface area contributed by atoms with Crippen molar-refractivity contribution in [3.05, 3.63) is 66.4 Å². The second kappa shape index (κ2) is 7.74. The van der Waals surface area contributed by atoms with Crippen LogP contribution in [0.2, 0.25) is 0 Å². The molecule has 1 unspecified atom stereocenters. The molecule has 6 nitrogen and oxygen atoms in total. The highest BCUT2D eigenvalue weighted by Crippen LogP contribution is 2.26. The van der Waals surface area contributed by atoms with Crippen LogP contribution < -0.4 is 20.2 Å². The van der Waals surface area contributed by atoms with E-state index in [1.807, 2.05) is 30.3 Å². The van der Waals surface area contributed by atoms with Crippen LogP contribution in [0.25, 0.3) is 0 Å². The zero-order valence-corrected chi connectivity index (χ0v) is 14.8. The molecule has 26 heavy (non-hydrogen) atoms. The van der Waals surface area contributed by atoms with Crippen LogP contribution in [0.3, 0.4) is 0 Å². The summed E-state index contributed by atoms with van der Waals surface area (Å²) in [6.45, 7) is 0. The monoisotopic (exact) mass is 351 g/mol. The number of hydrazone groups is 1. The van der Waals surface area contributed by atoms with E-state index < -0.39 is 5.92 Å². The summed E-state index contributed by atoms with van der Waals surface area (Å²) < 4.78 is 10.6. The second-order valence-electron chi connectivity index (χ2n) is 5.85. The number of para-hydroxylation sites is 1. The molecule has 0 spiro atoms. The summed E-state index contributed by atoms with van der Waals surface area (Å²) in [6, 6.07) is 15.0. The van der Waals surface area contributed by atoms with Crippen LogP contribution in [0.5, 0.6) is 11.5 Å². The SMILES string of the molecule is COc1ccc(OC)c(CC(=O)C2C=CN(c3ccccc3)N=C2N)c1. The van der Waals surface area contributed by atoms with E-state index in [1.165, 1.54) is 0 Å². The van der Waals surface area contributed by atoms with Gasteiger partial charge in [-0.25, -0.2) is 5.01 Å². The molecule has 0 amide bonds. The molecule has 1 atom stereocenters. The quantitative estimate of drug-likeness (QED) is 0.866. The van der Waals surface area contributed by atoms with Gasteiger partial charge in [0.1, 0.15) is 17.3 Å². The Morgan fingerprint density at radius 2 is 1.92 bits per heavy atom. The number of carbonyl (C=O) groups is 1. The maximum atomic E-state index is 12.8. The van der Waals surface area contributed by atoms with Gasteiger partial charge in [0.15, 0.2) is 5.78 Å². The molecule has 0 radical (unpaired) electrons. The van der Waals surface area contributed by atoms with Crippen LogP contribution >= 0.6 is 0 Å². The molecule has 0 aromatic heterocycles. The van der Waals surface area contributed by atoms with E-state index >= 15 is 0 Å². The van der Waals surface area contributed by atoms with Crippen molar-refractivity contribution in [3.63, 3.8) is 0 Å². The lowest BCUT2D eigenvalue weighted by Crippen LogP contribution is -2.35. The van der Waals surface area contributed by atoms with Gasteiger partial charge >= 0.3 is 0 Å². The van der Waals surface area contributed by atoms with Gasteiger partial charge in [0, 0.05) is 18.2 Å². The predicted molar refractivity (Wildman–Crippen MR) is 101 cm³/mol. The van der Waals surface area contributed by atoms with Gasteiger partial charge < -0.3 is 15.2 Å². The highest BCUT2D eigenvalue weighted by molar-refractivity contribution is 6.06. The number of methoxy groups -OCH3 is 2. The molecule has 2 aromatic carbocycles. The lowest BCUT2D eigenvalue weighted by Gasteiger charge is -2.23. The van der Waals surface area contributed by atoms with Gasteiger partial charge in [-0.1, -0.05) is 18.2 Å². The van der Waals surface area contributed by atoms with Gasteiger partial charge in [-0.3, -0.25) is 4.79 Å².